The van der Waals surface area contributed by atoms with Gasteiger partial charge in [-0.2, -0.15) is 5.10 Å². The van der Waals surface area contributed by atoms with Gasteiger partial charge in [0.2, 0.25) is 10.0 Å². The third kappa shape index (κ3) is 5.10. The molecule has 0 amide bonds. The normalized spacial score (nSPS) is 16.4. The van der Waals surface area contributed by atoms with E-state index in [4.69, 9.17) is 0 Å². The van der Waals surface area contributed by atoms with Crippen molar-refractivity contribution in [1.82, 2.24) is 19.8 Å². The van der Waals surface area contributed by atoms with Crippen LogP contribution in [0.1, 0.15) is 53.4 Å². The van der Waals surface area contributed by atoms with Crippen molar-refractivity contribution in [2.24, 2.45) is 5.92 Å². The molecule has 2 N–H and O–H groups in total. The lowest BCUT2D eigenvalue weighted by Crippen LogP contribution is -2.50. The van der Waals surface area contributed by atoms with Gasteiger partial charge in [0.05, 0.1) is 17.1 Å². The summed E-state index contributed by atoms with van der Waals surface area (Å²) in [4.78, 5) is 2.79. The summed E-state index contributed by atoms with van der Waals surface area (Å²) in [7, 11) is -3.73. The number of sulfonamides is 1. The van der Waals surface area contributed by atoms with E-state index >= 15 is 0 Å². The van der Waals surface area contributed by atoms with Crippen LogP contribution in [0.25, 0.3) is 0 Å². The monoisotopic (exact) mass is 592 g/mol. The topological polar surface area (TPSA) is 78.1 Å². The maximum atomic E-state index is 13.8. The van der Waals surface area contributed by atoms with Crippen molar-refractivity contribution in [2.45, 2.75) is 64.6 Å². The molecular weight excluding hydrogens is 559 g/mol. The Morgan fingerprint density at radius 3 is 2.44 bits per heavy atom. The number of aromatic nitrogens is 2. The number of hydrogen-bond acceptors (Lipinski definition) is 4. The second-order valence-corrected chi connectivity index (χ2v) is 12.5. The van der Waals surface area contributed by atoms with Crippen LogP contribution in [0.15, 0.2) is 47.5 Å². The number of nitrogens with one attached hydrogen (secondary N) is 2. The predicted octanol–water partition coefficient (Wildman–Crippen LogP) is 5.04. The maximum Gasteiger partial charge on any atom is 0.241 e. The summed E-state index contributed by atoms with van der Waals surface area (Å²) in [5, 5.41) is 7.34. The fourth-order valence-corrected chi connectivity index (χ4v) is 7.76. The molecule has 34 heavy (non-hydrogen) atoms. The lowest BCUT2D eigenvalue weighted by Gasteiger charge is -2.41. The summed E-state index contributed by atoms with van der Waals surface area (Å²) >= 11 is 2.37. The lowest BCUT2D eigenvalue weighted by molar-refractivity contribution is 0.130. The molecule has 2 heterocycles. The Labute approximate surface area is 216 Å². The molecule has 0 radical (unpaired) electrons. The number of rotatable bonds is 7. The molecule has 1 aliphatic rings. The molecule has 0 saturated carbocycles. The van der Waals surface area contributed by atoms with E-state index in [1.165, 1.54) is 11.3 Å². The second-order valence-electron chi connectivity index (χ2n) is 9.68. The third-order valence-electron chi connectivity index (χ3n) is 6.67. The molecule has 2 unspecified atom stereocenters. The number of hydrogen-bond donors (Lipinski definition) is 2. The van der Waals surface area contributed by atoms with Gasteiger partial charge in [-0.1, -0.05) is 49.7 Å². The van der Waals surface area contributed by atoms with Crippen LogP contribution < -0.4 is 4.72 Å². The molecule has 2 atom stereocenters. The summed E-state index contributed by atoms with van der Waals surface area (Å²) in [5.74, 6) is 0.0765. The Morgan fingerprint density at radius 1 is 1.12 bits per heavy atom. The maximum absolute atomic E-state index is 13.8. The van der Waals surface area contributed by atoms with Crippen molar-refractivity contribution in [3.05, 3.63) is 79.7 Å². The van der Waals surface area contributed by atoms with E-state index in [2.05, 4.69) is 68.4 Å². The van der Waals surface area contributed by atoms with Crippen LogP contribution in [0.5, 0.6) is 0 Å². The zero-order valence-electron chi connectivity index (χ0n) is 20.4. The standard InChI is InChI=1S/C26H33IN4O2S/c1-16(2)24(30-34(32,33)26-18(4)12-17(3)13-19(26)5)25(21-8-6-7-9-22(21)27)31-11-10-23-20(15-31)14-28-29-23/h6-9,12-14,16,24-25,30H,10-11,15H2,1-5H3,(H,28,29). The number of benzene rings is 2. The molecule has 3 aromatic rings. The summed E-state index contributed by atoms with van der Waals surface area (Å²) in [5.41, 5.74) is 6.12. The molecule has 0 spiro atoms. The third-order valence-corrected chi connectivity index (χ3v) is 9.42. The van der Waals surface area contributed by atoms with Crippen LogP contribution in [0, 0.1) is 30.3 Å². The summed E-state index contributed by atoms with van der Waals surface area (Å²) in [6.07, 6.45) is 2.76. The Balaban J connectivity index is 1.78. The first kappa shape index (κ1) is 25.3. The summed E-state index contributed by atoms with van der Waals surface area (Å²) in [6, 6.07) is 11.7. The summed E-state index contributed by atoms with van der Waals surface area (Å²) in [6.45, 7) is 11.5. The first-order chi connectivity index (χ1) is 16.1. The summed E-state index contributed by atoms with van der Waals surface area (Å²) < 4.78 is 31.9. The molecule has 6 nitrogen and oxygen atoms in total. The van der Waals surface area contributed by atoms with Crippen molar-refractivity contribution < 1.29 is 8.42 Å². The number of aryl methyl sites for hydroxylation is 3. The first-order valence-corrected chi connectivity index (χ1v) is 14.2. The van der Waals surface area contributed by atoms with Gasteiger partial charge in [0.15, 0.2) is 0 Å². The van der Waals surface area contributed by atoms with E-state index in [9.17, 15) is 8.42 Å². The van der Waals surface area contributed by atoms with Crippen molar-refractivity contribution >= 4 is 32.6 Å². The van der Waals surface area contributed by atoms with E-state index < -0.39 is 10.0 Å². The predicted molar refractivity (Wildman–Crippen MR) is 144 cm³/mol. The highest BCUT2D eigenvalue weighted by atomic mass is 127. The molecule has 2 aromatic carbocycles. The van der Waals surface area contributed by atoms with Crippen molar-refractivity contribution in [3.8, 4) is 0 Å². The highest BCUT2D eigenvalue weighted by Crippen LogP contribution is 2.36. The molecule has 0 bridgehead atoms. The Kier molecular flexibility index (Phi) is 7.52. The van der Waals surface area contributed by atoms with Gasteiger partial charge < -0.3 is 0 Å². The minimum absolute atomic E-state index is 0.0765. The average Bonchev–Trinajstić information content (AvgIpc) is 3.21. The van der Waals surface area contributed by atoms with Gasteiger partial charge in [-0.05, 0) is 72.0 Å². The van der Waals surface area contributed by atoms with Gasteiger partial charge in [0.1, 0.15) is 0 Å². The fraction of sp³-hybridized carbons (Fsp3) is 0.423. The highest BCUT2D eigenvalue weighted by molar-refractivity contribution is 14.1. The zero-order chi connectivity index (χ0) is 24.6. The number of H-pyrrole nitrogens is 1. The number of nitrogens with zero attached hydrogens (tertiary/aromatic N) is 2. The number of aromatic amines is 1. The molecule has 0 saturated heterocycles. The molecule has 1 aliphatic heterocycles. The smallest absolute Gasteiger partial charge is 0.241 e. The van der Waals surface area contributed by atoms with Gasteiger partial charge in [-0.3, -0.25) is 10.00 Å². The van der Waals surface area contributed by atoms with Crippen LogP contribution in [0.2, 0.25) is 0 Å². The van der Waals surface area contributed by atoms with Crippen LogP contribution in [-0.4, -0.2) is 36.1 Å². The van der Waals surface area contributed by atoms with Crippen molar-refractivity contribution in [3.63, 3.8) is 0 Å². The lowest BCUT2D eigenvalue weighted by atomic mass is 9.89. The van der Waals surface area contributed by atoms with Crippen LogP contribution >= 0.6 is 22.6 Å². The Bertz CT molecular complexity index is 1260. The second kappa shape index (κ2) is 10.1. The molecule has 8 heteroatoms. The van der Waals surface area contributed by atoms with Crippen LogP contribution in [0.4, 0.5) is 0 Å². The quantitative estimate of drug-likeness (QED) is 0.377. The molecule has 0 fully saturated rings. The van der Waals surface area contributed by atoms with E-state index in [-0.39, 0.29) is 18.0 Å². The van der Waals surface area contributed by atoms with Crippen LogP contribution in [0.3, 0.4) is 0 Å². The fourth-order valence-electron chi connectivity index (χ4n) is 5.21. The van der Waals surface area contributed by atoms with Gasteiger partial charge in [-0.25, -0.2) is 13.1 Å². The van der Waals surface area contributed by atoms with Crippen molar-refractivity contribution in [2.75, 3.05) is 6.54 Å². The van der Waals surface area contributed by atoms with E-state index in [1.54, 1.807) is 0 Å². The van der Waals surface area contributed by atoms with Gasteiger partial charge in [-0.15, -0.1) is 0 Å². The number of halogens is 1. The first-order valence-electron chi connectivity index (χ1n) is 11.7. The molecule has 1 aromatic heterocycles. The van der Waals surface area contributed by atoms with Crippen molar-refractivity contribution in [1.29, 1.82) is 0 Å². The van der Waals surface area contributed by atoms with Gasteiger partial charge >= 0.3 is 0 Å². The highest BCUT2D eigenvalue weighted by Gasteiger charge is 2.37. The molecule has 182 valence electrons. The largest absolute Gasteiger partial charge is 0.290 e. The van der Waals surface area contributed by atoms with E-state index in [1.807, 2.05) is 51.2 Å². The van der Waals surface area contributed by atoms with Gasteiger partial charge in [0, 0.05) is 40.4 Å². The number of fused-ring (bicyclic) bond motifs is 1. The zero-order valence-corrected chi connectivity index (χ0v) is 23.4. The average molecular weight is 593 g/mol. The SMILES string of the molecule is Cc1cc(C)c(S(=O)(=O)NC(C(C)C)C(c2ccccc2I)N2CCc3[nH]ncc3C2)c(C)c1. The Hall–Kier alpha value is -1.75. The van der Waals surface area contributed by atoms with E-state index in [0.717, 1.165) is 45.3 Å². The van der Waals surface area contributed by atoms with E-state index in [0.29, 0.717) is 4.90 Å². The Morgan fingerprint density at radius 2 is 1.79 bits per heavy atom. The minimum Gasteiger partial charge on any atom is -0.290 e. The minimum atomic E-state index is -3.73. The molecule has 4 rings (SSSR count). The molecule has 0 aliphatic carbocycles. The molecular formula is C26H33IN4O2S. The van der Waals surface area contributed by atoms with Gasteiger partial charge in [0.25, 0.3) is 0 Å². The van der Waals surface area contributed by atoms with Crippen LogP contribution in [-0.2, 0) is 23.0 Å².